The average Bonchev–Trinajstić information content (AvgIpc) is 2.91. The summed E-state index contributed by atoms with van der Waals surface area (Å²) in [5.41, 5.74) is 4.11. The number of ether oxygens (including phenoxy) is 1. The van der Waals surface area contributed by atoms with Crippen molar-refractivity contribution in [2.24, 2.45) is 11.8 Å². The number of piperidine rings is 3. The summed E-state index contributed by atoms with van der Waals surface area (Å²) in [4.78, 5) is 15.8. The van der Waals surface area contributed by atoms with E-state index < -0.39 is 12.1 Å². The normalized spacial score (nSPS) is 28.2. The molecule has 6 atom stereocenters. The smallest absolute Gasteiger partial charge is 0.188 e. The van der Waals surface area contributed by atoms with E-state index in [4.69, 9.17) is 4.74 Å². The van der Waals surface area contributed by atoms with E-state index in [-0.39, 0.29) is 11.8 Å². The molecule has 2 N–H and O–H groups in total. The van der Waals surface area contributed by atoms with Crippen LogP contribution in [0.2, 0.25) is 0 Å². The largest absolute Gasteiger partial charge is 0.497 e. The minimum absolute atomic E-state index is 0.0287. The molecule has 4 aliphatic rings. The maximum Gasteiger partial charge on any atom is 0.188 e. The number of Topliss-reactive ketones (excluding diaryl/α,β-unsaturated/α-hetero) is 1. The predicted octanol–water partition coefficient (Wildman–Crippen LogP) is 4.66. The average molecular weight is 457 g/mol. The number of carbonyl (C=O) groups excluding carboxylic acids is 1. The highest BCUT2D eigenvalue weighted by Gasteiger charge is 2.43. The molecular weight excluding hydrogens is 424 g/mol. The van der Waals surface area contributed by atoms with Gasteiger partial charge < -0.3 is 15.2 Å². The zero-order chi connectivity index (χ0) is 23.8. The van der Waals surface area contributed by atoms with Crippen LogP contribution in [0.3, 0.4) is 0 Å². The SMILES string of the molecule is C=Cc1ccc(C(=O)C2C=C([C@H](O)[C@H]3C[C@@H]4CCN3C[C@@H]4C=C)c3cc(OC)ccc3N2)cc1. The van der Waals surface area contributed by atoms with Crippen LogP contribution in [-0.4, -0.2) is 54.2 Å². The third-order valence-corrected chi connectivity index (χ3v) is 7.75. The van der Waals surface area contributed by atoms with Crippen LogP contribution in [-0.2, 0) is 0 Å². The van der Waals surface area contributed by atoms with Gasteiger partial charge in [0.2, 0.25) is 0 Å². The number of aliphatic hydroxyl groups excluding tert-OH is 1. The quantitative estimate of drug-likeness (QED) is 0.469. The summed E-state index contributed by atoms with van der Waals surface area (Å²) in [6.07, 6.45) is 7.12. The van der Waals surface area contributed by atoms with Crippen LogP contribution < -0.4 is 10.1 Å². The Morgan fingerprint density at radius 1 is 1.24 bits per heavy atom. The van der Waals surface area contributed by atoms with Gasteiger partial charge in [-0.1, -0.05) is 43.0 Å². The van der Waals surface area contributed by atoms with Crippen LogP contribution in [0.5, 0.6) is 5.75 Å². The van der Waals surface area contributed by atoms with Crippen molar-refractivity contribution in [3.63, 3.8) is 0 Å². The van der Waals surface area contributed by atoms with E-state index in [0.717, 1.165) is 54.1 Å². The number of aliphatic hydroxyl groups is 1. The topological polar surface area (TPSA) is 61.8 Å². The molecule has 176 valence electrons. The number of nitrogens with zero attached hydrogens (tertiary/aromatic N) is 1. The predicted molar refractivity (Wildman–Crippen MR) is 137 cm³/mol. The van der Waals surface area contributed by atoms with Crippen molar-refractivity contribution in [2.45, 2.75) is 31.0 Å². The Balaban J connectivity index is 1.49. The van der Waals surface area contributed by atoms with Crippen molar-refractivity contribution in [2.75, 3.05) is 25.5 Å². The number of nitrogens with one attached hydrogen (secondary N) is 1. The zero-order valence-electron chi connectivity index (χ0n) is 19.6. The highest BCUT2D eigenvalue weighted by molar-refractivity contribution is 6.05. The Kier molecular flexibility index (Phi) is 6.15. The lowest BCUT2D eigenvalue weighted by molar-refractivity contribution is -0.0254. The lowest BCUT2D eigenvalue weighted by atomic mass is 9.73. The van der Waals surface area contributed by atoms with E-state index in [2.05, 4.69) is 29.5 Å². The summed E-state index contributed by atoms with van der Waals surface area (Å²) < 4.78 is 5.46. The van der Waals surface area contributed by atoms with Gasteiger partial charge >= 0.3 is 0 Å². The molecule has 4 heterocycles. The highest BCUT2D eigenvalue weighted by Crippen LogP contribution is 2.42. The molecule has 5 nitrogen and oxygen atoms in total. The van der Waals surface area contributed by atoms with E-state index >= 15 is 0 Å². The fraction of sp³-hybridized carbons (Fsp3) is 0.345. The van der Waals surface area contributed by atoms with Crippen molar-refractivity contribution >= 4 is 23.1 Å². The van der Waals surface area contributed by atoms with Gasteiger partial charge in [-0.05, 0) is 66.6 Å². The third kappa shape index (κ3) is 3.99. The molecule has 3 saturated heterocycles. The Morgan fingerprint density at radius 2 is 2.03 bits per heavy atom. The van der Waals surface area contributed by atoms with Crippen LogP contribution in [0.4, 0.5) is 5.69 Å². The molecule has 34 heavy (non-hydrogen) atoms. The molecule has 0 radical (unpaired) electrons. The first-order chi connectivity index (χ1) is 16.5. The van der Waals surface area contributed by atoms with Crippen LogP contribution in [0, 0.1) is 11.8 Å². The molecule has 0 aromatic heterocycles. The van der Waals surface area contributed by atoms with Crippen molar-refractivity contribution in [1.29, 1.82) is 0 Å². The second kappa shape index (κ2) is 9.24. The molecule has 4 aliphatic heterocycles. The van der Waals surface area contributed by atoms with Gasteiger partial charge in [-0.15, -0.1) is 6.58 Å². The molecule has 0 amide bonds. The number of anilines is 1. The van der Waals surface area contributed by atoms with Crippen LogP contribution in [0.25, 0.3) is 11.6 Å². The van der Waals surface area contributed by atoms with Crippen molar-refractivity contribution in [1.82, 2.24) is 4.90 Å². The summed E-state index contributed by atoms with van der Waals surface area (Å²) in [7, 11) is 1.64. The summed E-state index contributed by atoms with van der Waals surface area (Å²) in [5.74, 6) is 1.73. The molecule has 0 saturated carbocycles. The minimum atomic E-state index is -0.694. The number of hydrogen-bond acceptors (Lipinski definition) is 5. The first-order valence-electron chi connectivity index (χ1n) is 12.0. The lowest BCUT2D eigenvalue weighted by Gasteiger charge is -2.51. The zero-order valence-corrected chi connectivity index (χ0v) is 19.6. The van der Waals surface area contributed by atoms with Crippen LogP contribution >= 0.6 is 0 Å². The molecule has 2 unspecified atom stereocenters. The molecule has 2 bridgehead atoms. The maximum absolute atomic E-state index is 13.4. The standard InChI is InChI=1S/C29H32N2O3/c1-4-18-6-8-20(9-7-18)28(32)26-16-24(23-15-22(34-3)10-11-25(23)30-26)29(33)27-14-21-12-13-31(27)17-19(21)5-2/h4-11,15-16,19,21,26-27,29-30,33H,1-2,12-14,17H2,3H3/t19-,21-,26?,27+,29-/m0/s1. The number of ketones is 1. The van der Waals surface area contributed by atoms with Gasteiger partial charge in [-0.3, -0.25) is 9.69 Å². The number of carbonyl (C=O) groups is 1. The fourth-order valence-corrected chi connectivity index (χ4v) is 5.77. The van der Waals surface area contributed by atoms with Crippen LogP contribution in [0.15, 0.2) is 67.8 Å². The summed E-state index contributed by atoms with van der Waals surface area (Å²) >= 11 is 0. The van der Waals surface area contributed by atoms with E-state index in [1.54, 1.807) is 13.2 Å². The van der Waals surface area contributed by atoms with E-state index in [0.29, 0.717) is 17.4 Å². The van der Waals surface area contributed by atoms with Gasteiger partial charge in [-0.25, -0.2) is 0 Å². The number of rotatable bonds is 7. The summed E-state index contributed by atoms with van der Waals surface area (Å²) in [5, 5.41) is 15.1. The number of hydrogen-bond donors (Lipinski definition) is 2. The fourth-order valence-electron chi connectivity index (χ4n) is 5.77. The van der Waals surface area contributed by atoms with E-state index in [1.807, 2.05) is 48.5 Å². The molecule has 2 aromatic rings. The monoisotopic (exact) mass is 456 g/mol. The first-order valence-corrected chi connectivity index (χ1v) is 12.0. The second-order valence-corrected chi connectivity index (χ2v) is 9.54. The maximum atomic E-state index is 13.4. The van der Waals surface area contributed by atoms with E-state index in [9.17, 15) is 9.90 Å². The number of fused-ring (bicyclic) bond motifs is 4. The lowest BCUT2D eigenvalue weighted by Crippen LogP contribution is -2.57. The summed E-state index contributed by atoms with van der Waals surface area (Å²) in [6.45, 7) is 9.72. The van der Waals surface area contributed by atoms with Gasteiger partial charge in [-0.2, -0.15) is 0 Å². The Bertz CT molecular complexity index is 1140. The third-order valence-electron chi connectivity index (χ3n) is 7.75. The molecule has 6 rings (SSSR count). The molecule has 3 fully saturated rings. The Hall–Kier alpha value is -3.15. The van der Waals surface area contributed by atoms with Gasteiger partial charge in [0.05, 0.1) is 13.2 Å². The molecular formula is C29H32N2O3. The Labute approximate surface area is 201 Å². The Morgan fingerprint density at radius 3 is 2.68 bits per heavy atom. The van der Waals surface area contributed by atoms with Crippen molar-refractivity contribution in [3.05, 3.63) is 84.5 Å². The van der Waals surface area contributed by atoms with Gasteiger partial charge in [0.15, 0.2) is 5.78 Å². The molecule has 0 aliphatic carbocycles. The van der Waals surface area contributed by atoms with Gasteiger partial charge in [0.25, 0.3) is 0 Å². The van der Waals surface area contributed by atoms with Crippen LogP contribution in [0.1, 0.15) is 34.3 Å². The number of methoxy groups -OCH3 is 1. The highest BCUT2D eigenvalue weighted by atomic mass is 16.5. The van der Waals surface area contributed by atoms with Crippen molar-refractivity contribution in [3.8, 4) is 5.75 Å². The number of benzene rings is 2. The second-order valence-electron chi connectivity index (χ2n) is 9.54. The molecule has 0 spiro atoms. The molecule has 2 aromatic carbocycles. The summed E-state index contributed by atoms with van der Waals surface area (Å²) in [6, 6.07) is 12.7. The minimum Gasteiger partial charge on any atom is -0.497 e. The van der Waals surface area contributed by atoms with Gasteiger partial charge in [0.1, 0.15) is 11.8 Å². The van der Waals surface area contributed by atoms with E-state index in [1.165, 1.54) is 0 Å². The molecule has 5 heteroatoms. The van der Waals surface area contributed by atoms with Crippen molar-refractivity contribution < 1.29 is 14.6 Å². The first kappa shape index (κ1) is 22.6. The van der Waals surface area contributed by atoms with Gasteiger partial charge in [0, 0.05) is 29.4 Å².